The zero-order valence-electron chi connectivity index (χ0n) is 14.9. The summed E-state index contributed by atoms with van der Waals surface area (Å²) in [6.07, 6.45) is 5.60. The van der Waals surface area contributed by atoms with Crippen LogP contribution >= 0.6 is 0 Å². The van der Waals surface area contributed by atoms with E-state index < -0.39 is 0 Å². The van der Waals surface area contributed by atoms with Crippen LogP contribution in [0.1, 0.15) is 16.8 Å². The van der Waals surface area contributed by atoms with Crippen molar-refractivity contribution >= 4 is 0 Å². The van der Waals surface area contributed by atoms with E-state index in [1.54, 1.807) is 13.1 Å². The summed E-state index contributed by atoms with van der Waals surface area (Å²) in [5, 5.41) is 0. The number of hydrogen-bond donors (Lipinski definition) is 1. The van der Waals surface area contributed by atoms with Gasteiger partial charge in [-0.25, -0.2) is 9.97 Å². The minimum absolute atomic E-state index is 0.0780. The normalized spacial score (nSPS) is 11.2. The van der Waals surface area contributed by atoms with Crippen LogP contribution in [-0.4, -0.2) is 38.0 Å². The lowest BCUT2D eigenvalue weighted by Gasteiger charge is -2.17. The Hall–Kier alpha value is -2.73. The summed E-state index contributed by atoms with van der Waals surface area (Å²) in [7, 11) is 2.10. The molecule has 0 fully saturated rings. The van der Waals surface area contributed by atoms with E-state index in [9.17, 15) is 4.79 Å². The molecule has 130 valence electrons. The number of aromatic amines is 1. The minimum atomic E-state index is -0.0780. The average Bonchev–Trinajstić information content (AvgIpc) is 3.12. The third kappa shape index (κ3) is 4.22. The number of aryl methyl sites for hydroxylation is 1. The van der Waals surface area contributed by atoms with Crippen molar-refractivity contribution in [2.24, 2.45) is 0 Å². The highest BCUT2D eigenvalue weighted by molar-refractivity contribution is 5.55. The van der Waals surface area contributed by atoms with E-state index in [2.05, 4.69) is 43.6 Å². The predicted octanol–water partition coefficient (Wildman–Crippen LogP) is 2.38. The molecule has 6 nitrogen and oxygen atoms in total. The molecule has 1 N–H and O–H groups in total. The number of nitrogens with zero attached hydrogens (tertiary/aromatic N) is 4. The fraction of sp³-hybridized carbons (Fsp3) is 0.316. The Morgan fingerprint density at radius 2 is 1.96 bits per heavy atom. The van der Waals surface area contributed by atoms with Gasteiger partial charge in [-0.1, -0.05) is 24.3 Å². The Balaban J connectivity index is 1.65. The number of aromatic nitrogens is 4. The Morgan fingerprint density at radius 1 is 1.20 bits per heavy atom. The second kappa shape index (κ2) is 7.44. The van der Waals surface area contributed by atoms with Crippen molar-refractivity contribution in [1.29, 1.82) is 0 Å². The number of H-pyrrole nitrogens is 1. The fourth-order valence-electron chi connectivity index (χ4n) is 2.65. The van der Waals surface area contributed by atoms with Crippen LogP contribution in [0.3, 0.4) is 0 Å². The molecular weight excluding hydrogens is 314 g/mol. The van der Waals surface area contributed by atoms with E-state index in [0.29, 0.717) is 11.4 Å². The maximum atomic E-state index is 11.9. The maximum absolute atomic E-state index is 11.9. The van der Waals surface area contributed by atoms with Crippen LogP contribution in [0.2, 0.25) is 0 Å². The van der Waals surface area contributed by atoms with E-state index >= 15 is 0 Å². The molecule has 1 aromatic carbocycles. The first kappa shape index (κ1) is 17.1. The minimum Gasteiger partial charge on any atom is -0.336 e. The number of benzene rings is 1. The van der Waals surface area contributed by atoms with Gasteiger partial charge in [0.05, 0.1) is 6.33 Å². The molecular formula is C19H23N5O. The zero-order valence-corrected chi connectivity index (χ0v) is 14.9. The highest BCUT2D eigenvalue weighted by Crippen LogP contribution is 2.16. The van der Waals surface area contributed by atoms with Gasteiger partial charge >= 0.3 is 0 Å². The maximum Gasteiger partial charge on any atom is 0.254 e. The lowest BCUT2D eigenvalue weighted by molar-refractivity contribution is 0.311. The SMILES string of the molecule is Cc1nc(-c2ccc(CN(C)CCn3ccnc3)cc2)[nH]c(=O)c1C. The summed E-state index contributed by atoms with van der Waals surface area (Å²) in [4.78, 5) is 25.6. The van der Waals surface area contributed by atoms with Crippen LogP contribution in [-0.2, 0) is 13.1 Å². The van der Waals surface area contributed by atoms with Gasteiger partial charge in [-0.2, -0.15) is 0 Å². The van der Waals surface area contributed by atoms with Crippen LogP contribution in [0.15, 0.2) is 47.8 Å². The highest BCUT2D eigenvalue weighted by atomic mass is 16.1. The highest BCUT2D eigenvalue weighted by Gasteiger charge is 2.07. The molecule has 0 aliphatic rings. The summed E-state index contributed by atoms with van der Waals surface area (Å²) in [6.45, 7) is 6.38. The Bertz CT molecular complexity index is 881. The van der Waals surface area contributed by atoms with Crippen molar-refractivity contribution in [3.63, 3.8) is 0 Å². The number of imidazole rings is 1. The molecule has 2 aromatic heterocycles. The predicted molar refractivity (Wildman–Crippen MR) is 98.3 cm³/mol. The molecule has 0 saturated heterocycles. The largest absolute Gasteiger partial charge is 0.336 e. The third-order valence-corrected chi connectivity index (χ3v) is 4.37. The van der Waals surface area contributed by atoms with Crippen molar-refractivity contribution in [3.05, 3.63) is 70.2 Å². The molecule has 0 saturated carbocycles. The summed E-state index contributed by atoms with van der Waals surface area (Å²) in [5.74, 6) is 0.619. The number of nitrogens with one attached hydrogen (secondary N) is 1. The van der Waals surface area contributed by atoms with Crippen molar-refractivity contribution in [3.8, 4) is 11.4 Å². The molecule has 2 heterocycles. The lowest BCUT2D eigenvalue weighted by atomic mass is 10.1. The molecule has 0 aliphatic carbocycles. The smallest absolute Gasteiger partial charge is 0.254 e. The second-order valence-electron chi connectivity index (χ2n) is 6.36. The van der Waals surface area contributed by atoms with Crippen LogP contribution in [0.25, 0.3) is 11.4 Å². The number of hydrogen-bond acceptors (Lipinski definition) is 4. The molecule has 0 amide bonds. The second-order valence-corrected chi connectivity index (χ2v) is 6.36. The molecule has 0 aliphatic heterocycles. The lowest BCUT2D eigenvalue weighted by Crippen LogP contribution is -2.22. The quantitative estimate of drug-likeness (QED) is 0.750. The van der Waals surface area contributed by atoms with Gasteiger partial charge in [-0.3, -0.25) is 4.79 Å². The van der Waals surface area contributed by atoms with Crippen molar-refractivity contribution in [1.82, 2.24) is 24.4 Å². The molecule has 25 heavy (non-hydrogen) atoms. The summed E-state index contributed by atoms with van der Waals surface area (Å²) in [5.41, 5.74) is 3.50. The van der Waals surface area contributed by atoms with Crippen molar-refractivity contribution in [2.75, 3.05) is 13.6 Å². The van der Waals surface area contributed by atoms with Gasteiger partial charge in [0.2, 0.25) is 0 Å². The van der Waals surface area contributed by atoms with E-state index in [0.717, 1.165) is 30.9 Å². The summed E-state index contributed by atoms with van der Waals surface area (Å²) < 4.78 is 2.07. The standard InChI is InChI=1S/C19H23N5O/c1-14-15(2)21-18(22-19(14)25)17-6-4-16(5-7-17)12-23(3)10-11-24-9-8-20-13-24/h4-9,13H,10-12H2,1-3H3,(H,21,22,25). The molecule has 6 heteroatoms. The summed E-state index contributed by atoms with van der Waals surface area (Å²) in [6, 6.07) is 8.18. The molecule has 0 radical (unpaired) electrons. The first-order valence-corrected chi connectivity index (χ1v) is 8.34. The Kier molecular flexibility index (Phi) is 5.09. The third-order valence-electron chi connectivity index (χ3n) is 4.37. The number of rotatable bonds is 6. The van der Waals surface area contributed by atoms with Crippen LogP contribution < -0.4 is 5.56 Å². The summed E-state index contributed by atoms with van der Waals surface area (Å²) >= 11 is 0. The van der Waals surface area contributed by atoms with Gasteiger partial charge in [0.25, 0.3) is 5.56 Å². The van der Waals surface area contributed by atoms with E-state index in [1.165, 1.54) is 5.56 Å². The molecule has 0 atom stereocenters. The van der Waals surface area contributed by atoms with E-state index in [1.807, 2.05) is 31.6 Å². The first-order chi connectivity index (χ1) is 12.0. The topological polar surface area (TPSA) is 66.8 Å². The van der Waals surface area contributed by atoms with Gasteiger partial charge in [0, 0.05) is 48.8 Å². The van der Waals surface area contributed by atoms with Crippen LogP contribution in [0.5, 0.6) is 0 Å². The van der Waals surface area contributed by atoms with Gasteiger partial charge < -0.3 is 14.5 Å². The van der Waals surface area contributed by atoms with E-state index in [4.69, 9.17) is 0 Å². The van der Waals surface area contributed by atoms with Crippen LogP contribution in [0.4, 0.5) is 0 Å². The monoisotopic (exact) mass is 337 g/mol. The molecule has 0 unspecified atom stereocenters. The average molecular weight is 337 g/mol. The zero-order chi connectivity index (χ0) is 17.8. The van der Waals surface area contributed by atoms with Gasteiger partial charge in [-0.05, 0) is 26.5 Å². The Labute approximate surface area is 147 Å². The van der Waals surface area contributed by atoms with Crippen LogP contribution in [0, 0.1) is 13.8 Å². The molecule has 3 rings (SSSR count). The first-order valence-electron chi connectivity index (χ1n) is 8.34. The van der Waals surface area contributed by atoms with E-state index in [-0.39, 0.29) is 5.56 Å². The molecule has 3 aromatic rings. The molecule has 0 spiro atoms. The Morgan fingerprint density at radius 3 is 2.60 bits per heavy atom. The fourth-order valence-corrected chi connectivity index (χ4v) is 2.65. The molecule has 0 bridgehead atoms. The van der Waals surface area contributed by atoms with Crippen molar-refractivity contribution < 1.29 is 0 Å². The van der Waals surface area contributed by atoms with Gasteiger partial charge in [-0.15, -0.1) is 0 Å². The van der Waals surface area contributed by atoms with Crippen molar-refractivity contribution in [2.45, 2.75) is 26.9 Å². The van der Waals surface area contributed by atoms with Gasteiger partial charge in [0.1, 0.15) is 5.82 Å². The van der Waals surface area contributed by atoms with Gasteiger partial charge in [0.15, 0.2) is 0 Å². The number of likely N-dealkylation sites (N-methyl/N-ethyl adjacent to an activating group) is 1.